The summed E-state index contributed by atoms with van der Waals surface area (Å²) in [5.41, 5.74) is 0.880. The number of aliphatic carboxylic acids is 1. The van der Waals surface area contributed by atoms with Gasteiger partial charge in [0.25, 0.3) is 0 Å². The first-order valence-electron chi connectivity index (χ1n) is 7.66. The van der Waals surface area contributed by atoms with E-state index in [9.17, 15) is 9.59 Å². The Hall–Kier alpha value is -1.99. The molecule has 1 aromatic carbocycles. The van der Waals surface area contributed by atoms with E-state index in [1.165, 1.54) is 16.7 Å². The first kappa shape index (κ1) is 19.3. The third-order valence-electron chi connectivity index (χ3n) is 3.52. The Morgan fingerprint density at radius 1 is 1.36 bits per heavy atom. The van der Waals surface area contributed by atoms with Gasteiger partial charge in [-0.2, -0.15) is 0 Å². The Balaban J connectivity index is 1.87. The smallest absolute Gasteiger partial charge is 0.305 e. The van der Waals surface area contributed by atoms with E-state index in [2.05, 4.69) is 4.98 Å². The number of aromatic nitrogens is 1. The van der Waals surface area contributed by atoms with Crippen LogP contribution in [0.2, 0.25) is 5.02 Å². The second kappa shape index (κ2) is 8.92. The average Bonchev–Trinajstić information content (AvgIpc) is 3.06. The Kier molecular flexibility index (Phi) is 6.90. The minimum absolute atomic E-state index is 0.0657. The fourth-order valence-corrected chi connectivity index (χ4v) is 3.05. The number of thioether (sulfide) groups is 1. The molecule has 0 spiro atoms. The third kappa shape index (κ3) is 5.79. The molecule has 25 heavy (non-hydrogen) atoms. The van der Waals surface area contributed by atoms with Crippen LogP contribution in [0.25, 0.3) is 11.3 Å². The summed E-state index contributed by atoms with van der Waals surface area (Å²) >= 11 is 7.26. The molecule has 0 bridgehead atoms. The Morgan fingerprint density at radius 3 is 2.68 bits per heavy atom. The van der Waals surface area contributed by atoms with Crippen molar-refractivity contribution in [3.05, 3.63) is 41.4 Å². The first-order chi connectivity index (χ1) is 11.9. The van der Waals surface area contributed by atoms with E-state index in [0.717, 1.165) is 5.56 Å². The lowest BCUT2D eigenvalue weighted by molar-refractivity contribution is -0.138. The largest absolute Gasteiger partial charge is 0.481 e. The fourth-order valence-electron chi connectivity index (χ4n) is 2.08. The molecule has 0 aliphatic heterocycles. The molecule has 134 valence electrons. The maximum absolute atomic E-state index is 12.2. The van der Waals surface area contributed by atoms with Crippen molar-refractivity contribution in [2.24, 2.45) is 0 Å². The molecule has 6 nitrogen and oxygen atoms in total. The van der Waals surface area contributed by atoms with Crippen LogP contribution in [0, 0.1) is 0 Å². The van der Waals surface area contributed by atoms with Gasteiger partial charge in [-0.1, -0.05) is 11.6 Å². The summed E-state index contributed by atoms with van der Waals surface area (Å²) in [6.45, 7) is 1.98. The van der Waals surface area contributed by atoms with E-state index < -0.39 is 5.97 Å². The number of hydrogen-bond donors (Lipinski definition) is 1. The molecule has 2 aromatic rings. The van der Waals surface area contributed by atoms with Crippen molar-refractivity contribution >= 4 is 35.2 Å². The molecule has 0 radical (unpaired) electrons. The van der Waals surface area contributed by atoms with Gasteiger partial charge in [-0.3, -0.25) is 9.59 Å². The highest BCUT2D eigenvalue weighted by Gasteiger charge is 2.19. The van der Waals surface area contributed by atoms with Gasteiger partial charge in [0.15, 0.2) is 5.76 Å². The molecule has 1 N–H and O–H groups in total. The molecule has 0 saturated carbocycles. The number of amides is 1. The van der Waals surface area contributed by atoms with Crippen molar-refractivity contribution in [2.45, 2.75) is 24.3 Å². The molecule has 1 heterocycles. The van der Waals surface area contributed by atoms with Gasteiger partial charge in [-0.15, -0.1) is 11.8 Å². The first-order valence-corrected chi connectivity index (χ1v) is 9.08. The second-order valence-corrected chi connectivity index (χ2v) is 7.25. The van der Waals surface area contributed by atoms with Gasteiger partial charge in [-0.25, -0.2) is 4.98 Å². The Bertz CT molecular complexity index is 733. The summed E-state index contributed by atoms with van der Waals surface area (Å²) < 4.78 is 5.70. The quantitative estimate of drug-likeness (QED) is 0.751. The second-order valence-electron chi connectivity index (χ2n) is 5.48. The van der Waals surface area contributed by atoms with Crippen LogP contribution in [0.15, 0.2) is 34.9 Å². The SMILES string of the molecule is CC(SCc1ncc(-c2ccc(Cl)cc2)o1)C(=O)N(C)CCC(=O)O. The van der Waals surface area contributed by atoms with Crippen LogP contribution in [0.4, 0.5) is 0 Å². The van der Waals surface area contributed by atoms with Crippen LogP contribution in [0.3, 0.4) is 0 Å². The predicted molar refractivity (Wildman–Crippen MR) is 97.6 cm³/mol. The number of nitrogens with zero attached hydrogens (tertiary/aromatic N) is 2. The van der Waals surface area contributed by atoms with Gasteiger partial charge < -0.3 is 14.4 Å². The van der Waals surface area contributed by atoms with Gasteiger partial charge in [0.1, 0.15) is 0 Å². The number of carboxylic acid groups (broad SMARTS) is 1. The van der Waals surface area contributed by atoms with E-state index in [1.807, 2.05) is 12.1 Å². The van der Waals surface area contributed by atoms with Gasteiger partial charge in [0.2, 0.25) is 11.8 Å². The standard InChI is InChI=1S/C17H19ClN2O4S/c1-11(17(23)20(2)8-7-16(21)22)25-10-15-19-9-14(24-15)12-3-5-13(18)6-4-12/h3-6,9,11H,7-8,10H2,1-2H3,(H,21,22). The summed E-state index contributed by atoms with van der Waals surface area (Å²) in [5.74, 6) is 0.589. The zero-order valence-electron chi connectivity index (χ0n) is 13.9. The summed E-state index contributed by atoms with van der Waals surface area (Å²) in [6, 6.07) is 7.26. The molecule has 1 amide bonds. The number of benzene rings is 1. The number of carboxylic acids is 1. The maximum atomic E-state index is 12.2. The number of carbonyl (C=O) groups is 2. The molecule has 0 aliphatic carbocycles. The van der Waals surface area contributed by atoms with E-state index in [0.29, 0.717) is 22.4 Å². The van der Waals surface area contributed by atoms with Crippen LogP contribution in [-0.4, -0.2) is 45.7 Å². The van der Waals surface area contributed by atoms with Gasteiger partial charge >= 0.3 is 5.97 Å². The number of rotatable bonds is 8. The zero-order valence-corrected chi connectivity index (χ0v) is 15.5. The molecule has 0 fully saturated rings. The van der Waals surface area contributed by atoms with Crippen LogP contribution >= 0.6 is 23.4 Å². The van der Waals surface area contributed by atoms with E-state index in [4.69, 9.17) is 21.1 Å². The van der Waals surface area contributed by atoms with Crippen LogP contribution in [0.1, 0.15) is 19.2 Å². The summed E-state index contributed by atoms with van der Waals surface area (Å²) in [4.78, 5) is 28.4. The maximum Gasteiger partial charge on any atom is 0.305 e. The number of hydrogen-bond acceptors (Lipinski definition) is 5. The van der Waals surface area contributed by atoms with Crippen molar-refractivity contribution in [1.82, 2.24) is 9.88 Å². The lowest BCUT2D eigenvalue weighted by atomic mass is 10.2. The molecule has 1 atom stereocenters. The van der Waals surface area contributed by atoms with Crippen molar-refractivity contribution in [3.8, 4) is 11.3 Å². The summed E-state index contributed by atoms with van der Waals surface area (Å²) in [6.07, 6.45) is 1.58. The number of oxazole rings is 1. The fraction of sp³-hybridized carbons (Fsp3) is 0.353. The molecule has 8 heteroatoms. The number of carbonyl (C=O) groups excluding carboxylic acids is 1. The molecule has 1 unspecified atom stereocenters. The lowest BCUT2D eigenvalue weighted by Gasteiger charge is -2.20. The van der Waals surface area contributed by atoms with E-state index >= 15 is 0 Å². The van der Waals surface area contributed by atoms with Crippen LogP contribution in [-0.2, 0) is 15.3 Å². The van der Waals surface area contributed by atoms with Gasteiger partial charge in [0, 0.05) is 24.2 Å². The molecule has 0 saturated heterocycles. The van der Waals surface area contributed by atoms with Gasteiger partial charge in [-0.05, 0) is 31.2 Å². The molecular formula is C17H19ClN2O4S. The topological polar surface area (TPSA) is 83.6 Å². The average molecular weight is 383 g/mol. The number of halogens is 1. The zero-order chi connectivity index (χ0) is 18.4. The van der Waals surface area contributed by atoms with Crippen molar-refractivity contribution in [1.29, 1.82) is 0 Å². The Morgan fingerprint density at radius 2 is 2.04 bits per heavy atom. The van der Waals surface area contributed by atoms with Crippen LogP contribution < -0.4 is 0 Å². The molecular weight excluding hydrogens is 364 g/mol. The monoisotopic (exact) mass is 382 g/mol. The molecule has 0 aliphatic rings. The Labute approximate surface area is 155 Å². The third-order valence-corrected chi connectivity index (χ3v) is 4.89. The summed E-state index contributed by atoms with van der Waals surface area (Å²) in [7, 11) is 1.60. The highest BCUT2D eigenvalue weighted by atomic mass is 35.5. The minimum atomic E-state index is -0.922. The van der Waals surface area contributed by atoms with Crippen molar-refractivity contribution in [3.63, 3.8) is 0 Å². The van der Waals surface area contributed by atoms with Gasteiger partial charge in [0.05, 0.1) is 23.6 Å². The van der Waals surface area contributed by atoms with Crippen molar-refractivity contribution < 1.29 is 19.1 Å². The minimum Gasteiger partial charge on any atom is -0.481 e. The molecule has 2 rings (SSSR count). The highest BCUT2D eigenvalue weighted by molar-refractivity contribution is 7.99. The van der Waals surface area contributed by atoms with Crippen LogP contribution in [0.5, 0.6) is 0 Å². The van der Waals surface area contributed by atoms with E-state index in [-0.39, 0.29) is 24.1 Å². The molecule has 1 aromatic heterocycles. The lowest BCUT2D eigenvalue weighted by Crippen LogP contribution is -2.34. The summed E-state index contributed by atoms with van der Waals surface area (Å²) in [5, 5.41) is 9.01. The van der Waals surface area contributed by atoms with E-state index in [1.54, 1.807) is 32.3 Å². The van der Waals surface area contributed by atoms with Crippen molar-refractivity contribution in [2.75, 3.05) is 13.6 Å². The normalized spacial score (nSPS) is 12.0. The predicted octanol–water partition coefficient (Wildman–Crippen LogP) is 3.55. The highest BCUT2D eigenvalue weighted by Crippen LogP contribution is 2.25.